The largest absolute Gasteiger partial charge is 0.306 e. The molecule has 7 heteroatoms. The first-order valence-electron chi connectivity index (χ1n) is 3.10. The fourth-order valence-electron chi connectivity index (χ4n) is 0.729. The van der Waals surface area contributed by atoms with Crippen LogP contribution in [0.2, 0.25) is 5.02 Å². The Morgan fingerprint density at radius 1 is 1.54 bits per heavy atom. The van der Waals surface area contributed by atoms with E-state index in [-0.39, 0.29) is 0 Å². The summed E-state index contributed by atoms with van der Waals surface area (Å²) in [6, 6.07) is 0. The zero-order chi connectivity index (χ0) is 10.0. The standard InChI is InChI=1S/C6H3ClF2N2O2/c7-5-3(6(8)9)1-10-2-4(5)11(12)13/h1-2,6H. The van der Waals surface area contributed by atoms with Crippen molar-refractivity contribution in [2.75, 3.05) is 0 Å². The maximum absolute atomic E-state index is 12.1. The molecule has 0 saturated heterocycles. The van der Waals surface area contributed by atoms with Gasteiger partial charge in [-0.1, -0.05) is 11.6 Å². The summed E-state index contributed by atoms with van der Waals surface area (Å²) in [5.74, 6) is 0. The molecule has 0 bridgehead atoms. The highest BCUT2D eigenvalue weighted by molar-refractivity contribution is 6.33. The summed E-state index contributed by atoms with van der Waals surface area (Å²) in [5, 5.41) is 9.67. The van der Waals surface area contributed by atoms with Gasteiger partial charge in [-0.25, -0.2) is 8.78 Å². The number of nitrogens with zero attached hydrogens (tertiary/aromatic N) is 2. The van der Waals surface area contributed by atoms with Crippen LogP contribution >= 0.6 is 11.6 Å². The molecule has 0 unspecified atom stereocenters. The lowest BCUT2D eigenvalue weighted by molar-refractivity contribution is -0.385. The van der Waals surface area contributed by atoms with Crippen molar-refractivity contribution in [2.24, 2.45) is 0 Å². The van der Waals surface area contributed by atoms with Crippen molar-refractivity contribution in [1.29, 1.82) is 0 Å². The van der Waals surface area contributed by atoms with Crippen molar-refractivity contribution in [1.82, 2.24) is 4.98 Å². The SMILES string of the molecule is O=[N+]([O-])c1cncc(C(F)F)c1Cl. The van der Waals surface area contributed by atoms with Crippen molar-refractivity contribution in [3.05, 3.63) is 33.1 Å². The molecular weight excluding hydrogens is 206 g/mol. The third-order valence-corrected chi connectivity index (χ3v) is 1.73. The Balaban J connectivity index is 3.26. The second kappa shape index (κ2) is 3.61. The van der Waals surface area contributed by atoms with Gasteiger partial charge in [0, 0.05) is 6.20 Å². The summed E-state index contributed by atoms with van der Waals surface area (Å²) in [5.41, 5.74) is -1.24. The maximum atomic E-state index is 12.1. The minimum Gasteiger partial charge on any atom is -0.258 e. The summed E-state index contributed by atoms with van der Waals surface area (Å²) in [7, 11) is 0. The fraction of sp³-hybridized carbons (Fsp3) is 0.167. The minimum absolute atomic E-state index is 0.560. The number of alkyl halides is 2. The van der Waals surface area contributed by atoms with Gasteiger partial charge in [0.1, 0.15) is 11.2 Å². The maximum Gasteiger partial charge on any atom is 0.306 e. The highest BCUT2D eigenvalue weighted by Crippen LogP contribution is 2.32. The van der Waals surface area contributed by atoms with E-state index in [1.807, 2.05) is 0 Å². The fourth-order valence-corrected chi connectivity index (χ4v) is 0.978. The molecule has 0 fully saturated rings. The van der Waals surface area contributed by atoms with Crippen molar-refractivity contribution in [3.8, 4) is 0 Å². The molecular formula is C6H3ClF2N2O2. The van der Waals surface area contributed by atoms with Gasteiger partial charge >= 0.3 is 5.69 Å². The molecule has 0 atom stereocenters. The monoisotopic (exact) mass is 208 g/mol. The van der Waals surface area contributed by atoms with Gasteiger partial charge in [0.25, 0.3) is 6.43 Å². The molecule has 1 heterocycles. The number of rotatable bonds is 2. The number of halogens is 3. The second-order valence-electron chi connectivity index (χ2n) is 2.12. The highest BCUT2D eigenvalue weighted by atomic mass is 35.5. The van der Waals surface area contributed by atoms with Crippen LogP contribution in [-0.4, -0.2) is 9.91 Å². The van der Waals surface area contributed by atoms with E-state index in [9.17, 15) is 18.9 Å². The predicted molar refractivity (Wildman–Crippen MR) is 40.9 cm³/mol. The molecule has 0 amide bonds. The average molecular weight is 209 g/mol. The molecule has 0 aliphatic carbocycles. The molecule has 1 rings (SSSR count). The van der Waals surface area contributed by atoms with E-state index in [1.54, 1.807) is 0 Å². The van der Waals surface area contributed by atoms with E-state index in [2.05, 4.69) is 4.98 Å². The molecule has 0 spiro atoms. The summed E-state index contributed by atoms with van der Waals surface area (Å²) in [6.07, 6.45) is -1.23. The zero-order valence-corrected chi connectivity index (χ0v) is 6.83. The first-order chi connectivity index (χ1) is 6.04. The lowest BCUT2D eigenvalue weighted by Gasteiger charge is -2.01. The normalized spacial score (nSPS) is 10.5. The lowest BCUT2D eigenvalue weighted by atomic mass is 10.3. The number of pyridine rings is 1. The molecule has 1 aromatic rings. The minimum atomic E-state index is -2.86. The van der Waals surface area contributed by atoms with Crippen LogP contribution in [0.15, 0.2) is 12.4 Å². The Morgan fingerprint density at radius 2 is 2.15 bits per heavy atom. The topological polar surface area (TPSA) is 56.0 Å². The van der Waals surface area contributed by atoms with Crippen LogP contribution in [0.5, 0.6) is 0 Å². The van der Waals surface area contributed by atoms with Gasteiger partial charge in [-0.05, 0) is 0 Å². The predicted octanol–water partition coefficient (Wildman–Crippen LogP) is 2.58. The summed E-state index contributed by atoms with van der Waals surface area (Å²) >= 11 is 5.34. The van der Waals surface area contributed by atoms with Crippen LogP contribution in [0.1, 0.15) is 12.0 Å². The summed E-state index contributed by atoms with van der Waals surface area (Å²) in [6.45, 7) is 0. The van der Waals surface area contributed by atoms with Gasteiger partial charge in [-0.2, -0.15) is 0 Å². The van der Waals surface area contributed by atoms with Crippen molar-refractivity contribution < 1.29 is 13.7 Å². The summed E-state index contributed by atoms with van der Waals surface area (Å²) < 4.78 is 24.2. The third kappa shape index (κ3) is 1.89. The molecule has 0 saturated carbocycles. The van der Waals surface area contributed by atoms with Crippen LogP contribution in [0.25, 0.3) is 0 Å². The van der Waals surface area contributed by atoms with E-state index >= 15 is 0 Å². The molecule has 0 aliphatic rings. The molecule has 13 heavy (non-hydrogen) atoms. The number of nitro groups is 1. The number of aromatic nitrogens is 1. The summed E-state index contributed by atoms with van der Waals surface area (Å²) in [4.78, 5) is 12.7. The molecule has 70 valence electrons. The number of hydrogen-bond acceptors (Lipinski definition) is 3. The molecule has 4 nitrogen and oxygen atoms in total. The zero-order valence-electron chi connectivity index (χ0n) is 6.08. The molecule has 0 aromatic carbocycles. The van der Waals surface area contributed by atoms with Crippen LogP contribution in [-0.2, 0) is 0 Å². The molecule has 1 aromatic heterocycles. The first-order valence-corrected chi connectivity index (χ1v) is 3.47. The van der Waals surface area contributed by atoms with E-state index < -0.39 is 27.6 Å². The quantitative estimate of drug-likeness (QED) is 0.554. The van der Waals surface area contributed by atoms with E-state index in [0.717, 1.165) is 12.4 Å². The average Bonchev–Trinajstić information content (AvgIpc) is 2.03. The Morgan fingerprint density at radius 3 is 2.62 bits per heavy atom. The van der Waals surface area contributed by atoms with E-state index in [4.69, 9.17) is 11.6 Å². The molecule has 0 aliphatic heterocycles. The smallest absolute Gasteiger partial charge is 0.258 e. The van der Waals surface area contributed by atoms with Gasteiger partial charge in [0.05, 0.1) is 10.5 Å². The van der Waals surface area contributed by atoms with Crippen LogP contribution in [0.3, 0.4) is 0 Å². The van der Waals surface area contributed by atoms with Crippen LogP contribution in [0.4, 0.5) is 14.5 Å². The van der Waals surface area contributed by atoms with Crippen molar-refractivity contribution in [2.45, 2.75) is 6.43 Å². The second-order valence-corrected chi connectivity index (χ2v) is 2.50. The van der Waals surface area contributed by atoms with Gasteiger partial charge in [-0.15, -0.1) is 0 Å². The number of hydrogen-bond donors (Lipinski definition) is 0. The lowest BCUT2D eigenvalue weighted by Crippen LogP contribution is -1.95. The third-order valence-electron chi connectivity index (χ3n) is 1.32. The van der Waals surface area contributed by atoms with Crippen molar-refractivity contribution >= 4 is 17.3 Å². The van der Waals surface area contributed by atoms with Gasteiger partial charge in [0.15, 0.2) is 0 Å². The Bertz CT molecular complexity index is 345. The molecule has 0 N–H and O–H groups in total. The van der Waals surface area contributed by atoms with Crippen LogP contribution < -0.4 is 0 Å². The Labute approximate surface area is 76.3 Å². The van der Waals surface area contributed by atoms with Gasteiger partial charge < -0.3 is 0 Å². The van der Waals surface area contributed by atoms with E-state index in [0.29, 0.717) is 0 Å². The molecule has 0 radical (unpaired) electrons. The van der Waals surface area contributed by atoms with E-state index in [1.165, 1.54) is 0 Å². The van der Waals surface area contributed by atoms with Gasteiger partial charge in [0.2, 0.25) is 0 Å². The van der Waals surface area contributed by atoms with Crippen molar-refractivity contribution in [3.63, 3.8) is 0 Å². The van der Waals surface area contributed by atoms with Crippen LogP contribution in [0, 0.1) is 10.1 Å². The first kappa shape index (κ1) is 9.79. The van der Waals surface area contributed by atoms with Gasteiger partial charge in [-0.3, -0.25) is 15.1 Å². The highest BCUT2D eigenvalue weighted by Gasteiger charge is 2.21. The Kier molecular flexibility index (Phi) is 2.72. The Hall–Kier alpha value is -1.30.